The molecule has 2 saturated heterocycles. The molecule has 1 N–H and O–H groups in total. The second kappa shape index (κ2) is 10.5. The molecule has 6 nitrogen and oxygen atoms in total. The standard InChI is InChI=1S/C18H34N4O2.HI/c1-18(2,3)24-16(23)12-20-17(19-4)22-11-8-15(14-22)13-21-9-6-5-7-10-21;/h15H,5-14H2,1-4H3,(H,19,20);1H. The molecule has 0 aromatic heterocycles. The molecule has 0 spiro atoms. The fourth-order valence-electron chi connectivity index (χ4n) is 3.54. The van der Waals surface area contributed by atoms with Gasteiger partial charge in [0.05, 0.1) is 0 Å². The molecular weight excluding hydrogens is 431 g/mol. The number of esters is 1. The molecule has 0 amide bonds. The molecule has 0 radical (unpaired) electrons. The highest BCUT2D eigenvalue weighted by molar-refractivity contribution is 14.0. The molecule has 0 bridgehead atoms. The van der Waals surface area contributed by atoms with Crippen LogP contribution in [0.4, 0.5) is 0 Å². The normalized spacial score (nSPS) is 22.5. The molecule has 0 aliphatic carbocycles. The maximum Gasteiger partial charge on any atom is 0.325 e. The number of rotatable bonds is 4. The van der Waals surface area contributed by atoms with E-state index in [2.05, 4.69) is 20.1 Å². The van der Waals surface area contributed by atoms with Crippen molar-refractivity contribution in [2.24, 2.45) is 10.9 Å². The minimum Gasteiger partial charge on any atom is -0.459 e. The number of hydrogen-bond donors (Lipinski definition) is 1. The van der Waals surface area contributed by atoms with Gasteiger partial charge in [0.1, 0.15) is 12.1 Å². The second-order valence-corrected chi connectivity index (χ2v) is 7.95. The summed E-state index contributed by atoms with van der Waals surface area (Å²) in [6.45, 7) is 11.5. The van der Waals surface area contributed by atoms with Gasteiger partial charge < -0.3 is 19.9 Å². The van der Waals surface area contributed by atoms with Gasteiger partial charge in [0.2, 0.25) is 0 Å². The first-order chi connectivity index (χ1) is 11.4. The summed E-state index contributed by atoms with van der Waals surface area (Å²) in [6.07, 6.45) is 5.27. The quantitative estimate of drug-likeness (QED) is 0.298. The minimum absolute atomic E-state index is 0. The summed E-state index contributed by atoms with van der Waals surface area (Å²) in [4.78, 5) is 21.1. The SMILES string of the molecule is CN=C(NCC(=O)OC(C)(C)C)N1CCC(CN2CCCCC2)C1.I. The summed E-state index contributed by atoms with van der Waals surface area (Å²) in [5.74, 6) is 1.26. The predicted octanol–water partition coefficient (Wildman–Crippen LogP) is 2.33. The molecule has 25 heavy (non-hydrogen) atoms. The molecule has 0 aromatic rings. The van der Waals surface area contributed by atoms with E-state index < -0.39 is 5.60 Å². The van der Waals surface area contributed by atoms with Gasteiger partial charge in [-0.3, -0.25) is 9.79 Å². The molecule has 1 atom stereocenters. The third-order valence-corrected chi connectivity index (χ3v) is 4.57. The fraction of sp³-hybridized carbons (Fsp3) is 0.889. The lowest BCUT2D eigenvalue weighted by Crippen LogP contribution is -2.44. The van der Waals surface area contributed by atoms with E-state index in [1.807, 2.05) is 20.8 Å². The lowest BCUT2D eigenvalue weighted by molar-refractivity contribution is -0.153. The number of carbonyl (C=O) groups is 1. The van der Waals surface area contributed by atoms with E-state index in [-0.39, 0.29) is 36.5 Å². The summed E-state index contributed by atoms with van der Waals surface area (Å²) < 4.78 is 5.34. The summed E-state index contributed by atoms with van der Waals surface area (Å²) in [6, 6.07) is 0. The van der Waals surface area contributed by atoms with Crippen LogP contribution in [0.15, 0.2) is 4.99 Å². The number of nitrogens with one attached hydrogen (secondary N) is 1. The van der Waals surface area contributed by atoms with E-state index >= 15 is 0 Å². The monoisotopic (exact) mass is 466 g/mol. The Balaban J connectivity index is 0.00000312. The highest BCUT2D eigenvalue weighted by atomic mass is 127. The van der Waals surface area contributed by atoms with Crippen molar-refractivity contribution in [3.8, 4) is 0 Å². The van der Waals surface area contributed by atoms with Crippen LogP contribution in [0.1, 0.15) is 46.5 Å². The van der Waals surface area contributed by atoms with Crippen LogP contribution in [0.25, 0.3) is 0 Å². The van der Waals surface area contributed by atoms with E-state index in [9.17, 15) is 4.79 Å². The Labute approximate surface area is 169 Å². The van der Waals surface area contributed by atoms with Crippen LogP contribution in [0.2, 0.25) is 0 Å². The zero-order valence-electron chi connectivity index (χ0n) is 16.2. The lowest BCUT2D eigenvalue weighted by atomic mass is 10.1. The Morgan fingerprint density at radius 3 is 2.48 bits per heavy atom. The van der Waals surface area contributed by atoms with Gasteiger partial charge in [-0.05, 0) is 59.0 Å². The molecule has 2 aliphatic heterocycles. The Hall–Kier alpha value is -0.570. The van der Waals surface area contributed by atoms with Gasteiger partial charge in [0.25, 0.3) is 0 Å². The Morgan fingerprint density at radius 1 is 1.20 bits per heavy atom. The molecule has 2 rings (SSSR count). The number of likely N-dealkylation sites (tertiary alicyclic amines) is 2. The Kier molecular flexibility index (Phi) is 9.48. The zero-order chi connectivity index (χ0) is 17.6. The van der Waals surface area contributed by atoms with Gasteiger partial charge in [0, 0.05) is 26.7 Å². The highest BCUT2D eigenvalue weighted by Gasteiger charge is 2.27. The maximum absolute atomic E-state index is 11.9. The topological polar surface area (TPSA) is 57.2 Å². The molecular formula is C18H35IN4O2. The average Bonchev–Trinajstić information content (AvgIpc) is 2.95. The molecule has 2 aliphatic rings. The van der Waals surface area contributed by atoms with E-state index in [1.165, 1.54) is 45.3 Å². The van der Waals surface area contributed by atoms with Crippen molar-refractivity contribution in [2.75, 3.05) is 46.3 Å². The second-order valence-electron chi connectivity index (χ2n) is 7.95. The van der Waals surface area contributed by atoms with Crippen LogP contribution in [-0.2, 0) is 9.53 Å². The van der Waals surface area contributed by atoms with Gasteiger partial charge in [-0.15, -0.1) is 24.0 Å². The summed E-state index contributed by atoms with van der Waals surface area (Å²) in [5, 5.41) is 3.15. The number of aliphatic imine (C=N–C) groups is 1. The smallest absolute Gasteiger partial charge is 0.325 e. The highest BCUT2D eigenvalue weighted by Crippen LogP contribution is 2.19. The van der Waals surface area contributed by atoms with Crippen molar-refractivity contribution in [1.29, 1.82) is 0 Å². The van der Waals surface area contributed by atoms with Gasteiger partial charge in [-0.25, -0.2) is 0 Å². The summed E-state index contributed by atoms with van der Waals surface area (Å²) in [7, 11) is 1.77. The largest absolute Gasteiger partial charge is 0.459 e. The van der Waals surface area contributed by atoms with Crippen LogP contribution in [-0.4, -0.2) is 73.6 Å². The molecule has 0 saturated carbocycles. The Bertz CT molecular complexity index is 445. The van der Waals surface area contributed by atoms with Crippen LogP contribution < -0.4 is 5.32 Å². The van der Waals surface area contributed by atoms with E-state index in [0.29, 0.717) is 5.92 Å². The van der Waals surface area contributed by atoms with Crippen molar-refractivity contribution in [3.05, 3.63) is 0 Å². The van der Waals surface area contributed by atoms with Crippen LogP contribution in [0, 0.1) is 5.92 Å². The van der Waals surface area contributed by atoms with Crippen LogP contribution >= 0.6 is 24.0 Å². The molecule has 2 fully saturated rings. The number of nitrogens with zero attached hydrogens (tertiary/aromatic N) is 3. The van der Waals surface area contributed by atoms with E-state index in [1.54, 1.807) is 7.05 Å². The zero-order valence-corrected chi connectivity index (χ0v) is 18.5. The summed E-state index contributed by atoms with van der Waals surface area (Å²) >= 11 is 0. The summed E-state index contributed by atoms with van der Waals surface area (Å²) in [5.41, 5.74) is -0.449. The molecule has 7 heteroatoms. The molecule has 2 heterocycles. The lowest BCUT2D eigenvalue weighted by Gasteiger charge is -2.29. The molecule has 1 unspecified atom stereocenters. The van der Waals surface area contributed by atoms with Crippen molar-refractivity contribution in [1.82, 2.24) is 15.1 Å². The first-order valence-electron chi connectivity index (χ1n) is 9.27. The number of hydrogen-bond acceptors (Lipinski definition) is 4. The third kappa shape index (κ3) is 8.11. The minimum atomic E-state index is -0.449. The maximum atomic E-state index is 11.9. The average molecular weight is 466 g/mol. The number of carbonyl (C=O) groups excluding carboxylic acids is 1. The van der Waals surface area contributed by atoms with E-state index in [0.717, 1.165) is 19.0 Å². The molecule has 0 aromatic carbocycles. The number of ether oxygens (including phenoxy) is 1. The number of piperidine rings is 1. The van der Waals surface area contributed by atoms with Crippen molar-refractivity contribution < 1.29 is 9.53 Å². The fourth-order valence-corrected chi connectivity index (χ4v) is 3.54. The van der Waals surface area contributed by atoms with Crippen molar-refractivity contribution in [2.45, 2.75) is 52.1 Å². The van der Waals surface area contributed by atoms with Gasteiger partial charge in [0.15, 0.2) is 5.96 Å². The van der Waals surface area contributed by atoms with Crippen LogP contribution in [0.5, 0.6) is 0 Å². The van der Waals surface area contributed by atoms with Gasteiger partial charge >= 0.3 is 5.97 Å². The van der Waals surface area contributed by atoms with Crippen molar-refractivity contribution >= 4 is 35.9 Å². The predicted molar refractivity (Wildman–Crippen MR) is 113 cm³/mol. The van der Waals surface area contributed by atoms with Crippen molar-refractivity contribution in [3.63, 3.8) is 0 Å². The van der Waals surface area contributed by atoms with E-state index in [4.69, 9.17) is 4.74 Å². The first kappa shape index (κ1) is 22.5. The van der Waals surface area contributed by atoms with Gasteiger partial charge in [-0.1, -0.05) is 6.42 Å². The Morgan fingerprint density at radius 2 is 1.88 bits per heavy atom. The number of halogens is 1. The molecule has 146 valence electrons. The number of guanidine groups is 1. The first-order valence-corrected chi connectivity index (χ1v) is 9.27. The van der Waals surface area contributed by atoms with Gasteiger partial charge in [-0.2, -0.15) is 0 Å². The third-order valence-electron chi connectivity index (χ3n) is 4.57. The van der Waals surface area contributed by atoms with Crippen LogP contribution in [0.3, 0.4) is 0 Å².